The van der Waals surface area contributed by atoms with Gasteiger partial charge in [-0.2, -0.15) is 0 Å². The smallest absolute Gasteiger partial charge is 0.237 e. The first-order chi connectivity index (χ1) is 17.8. The lowest BCUT2D eigenvalue weighted by Gasteiger charge is -2.37. The van der Waals surface area contributed by atoms with Crippen molar-refractivity contribution in [3.05, 3.63) is 63.1 Å². The van der Waals surface area contributed by atoms with Gasteiger partial charge in [-0.3, -0.25) is 9.59 Å². The number of nitrogens with one attached hydrogen (secondary N) is 3. The number of hydrogen-bond acceptors (Lipinski definition) is 5. The standard InChI is InChI=1S/C27H31Cl2F2N3O4/c1-26(2,3)11-20-27(15-9-18(30)17(29)10-19(15)33-25(27)38)21(14-5-4-6-16(28)22(14)31)23(34-20)24(37)32-12-13(36)7-8-35/h4-6,9-10,13,20-21,23,34-36H,7-8,11-12H2,1-3H3,(H,32,37)(H,33,38)/t13-,20+,21-,23?,27-/m0/s1. The van der Waals surface area contributed by atoms with Gasteiger partial charge in [0, 0.05) is 30.8 Å². The van der Waals surface area contributed by atoms with Gasteiger partial charge in [0.1, 0.15) is 17.0 Å². The van der Waals surface area contributed by atoms with Gasteiger partial charge in [0.15, 0.2) is 0 Å². The zero-order valence-electron chi connectivity index (χ0n) is 21.2. The van der Waals surface area contributed by atoms with E-state index in [1.54, 1.807) is 0 Å². The third-order valence-corrected chi connectivity index (χ3v) is 7.86. The molecule has 7 nitrogen and oxygen atoms in total. The molecule has 0 aliphatic carbocycles. The second-order valence-corrected chi connectivity index (χ2v) is 11.9. The van der Waals surface area contributed by atoms with Gasteiger partial charge >= 0.3 is 0 Å². The number of carbonyl (C=O) groups is 2. The van der Waals surface area contributed by atoms with Crippen LogP contribution in [0.3, 0.4) is 0 Å². The maximum absolute atomic E-state index is 15.7. The number of rotatable bonds is 7. The van der Waals surface area contributed by atoms with E-state index in [1.807, 2.05) is 20.8 Å². The monoisotopic (exact) mass is 569 g/mol. The second kappa shape index (κ2) is 10.7. The fourth-order valence-electron chi connectivity index (χ4n) is 5.74. The Morgan fingerprint density at radius 3 is 2.58 bits per heavy atom. The van der Waals surface area contributed by atoms with Crippen LogP contribution in [0.5, 0.6) is 0 Å². The van der Waals surface area contributed by atoms with Gasteiger partial charge in [-0.1, -0.05) is 56.1 Å². The number of aliphatic hydroxyl groups excluding tert-OH is 2. The molecule has 1 spiro atoms. The van der Waals surface area contributed by atoms with E-state index in [0.717, 1.165) is 0 Å². The Kier molecular flexibility index (Phi) is 8.08. The van der Waals surface area contributed by atoms with Crippen molar-refractivity contribution in [3.8, 4) is 0 Å². The molecule has 2 amide bonds. The maximum atomic E-state index is 15.7. The molecule has 206 valence electrons. The highest BCUT2D eigenvalue weighted by molar-refractivity contribution is 6.31. The van der Waals surface area contributed by atoms with Gasteiger partial charge in [0.25, 0.3) is 0 Å². The molecule has 5 atom stereocenters. The van der Waals surface area contributed by atoms with Crippen molar-refractivity contribution >= 4 is 40.7 Å². The molecule has 2 aromatic carbocycles. The molecule has 2 aliphatic heterocycles. The fourth-order valence-corrected chi connectivity index (χ4v) is 6.09. The molecule has 1 unspecified atom stereocenters. The van der Waals surface area contributed by atoms with Crippen LogP contribution in [-0.2, 0) is 15.0 Å². The predicted octanol–water partition coefficient (Wildman–Crippen LogP) is 3.88. The fraction of sp³-hybridized carbons (Fsp3) is 0.481. The Balaban J connectivity index is 1.94. The van der Waals surface area contributed by atoms with Crippen molar-refractivity contribution in [2.75, 3.05) is 18.5 Å². The first-order valence-electron chi connectivity index (χ1n) is 12.4. The first kappa shape index (κ1) is 28.7. The topological polar surface area (TPSA) is 111 Å². The van der Waals surface area contributed by atoms with Crippen molar-refractivity contribution in [1.82, 2.24) is 10.6 Å². The summed E-state index contributed by atoms with van der Waals surface area (Å²) in [5.74, 6) is -3.77. The molecule has 2 aliphatic rings. The summed E-state index contributed by atoms with van der Waals surface area (Å²) in [6.45, 7) is 5.47. The minimum absolute atomic E-state index is 0.0239. The Morgan fingerprint density at radius 2 is 1.92 bits per heavy atom. The number of halogens is 4. The number of aliphatic hydroxyl groups is 2. The summed E-state index contributed by atoms with van der Waals surface area (Å²) in [6, 6.07) is 4.99. The summed E-state index contributed by atoms with van der Waals surface area (Å²) in [4.78, 5) is 27.6. The molecule has 2 aromatic rings. The van der Waals surface area contributed by atoms with E-state index >= 15 is 4.39 Å². The molecule has 0 aromatic heterocycles. The third kappa shape index (κ3) is 5.02. The molecule has 11 heteroatoms. The highest BCUT2D eigenvalue weighted by Gasteiger charge is 2.66. The molecule has 4 rings (SSSR count). The van der Waals surface area contributed by atoms with E-state index in [-0.39, 0.29) is 51.8 Å². The molecule has 2 heterocycles. The minimum Gasteiger partial charge on any atom is -0.396 e. The predicted molar refractivity (Wildman–Crippen MR) is 141 cm³/mol. The van der Waals surface area contributed by atoms with Gasteiger partial charge in [-0.05, 0) is 47.6 Å². The van der Waals surface area contributed by atoms with Crippen LogP contribution in [-0.4, -0.2) is 53.4 Å². The van der Waals surface area contributed by atoms with E-state index in [4.69, 9.17) is 28.3 Å². The van der Waals surface area contributed by atoms with Crippen LogP contribution >= 0.6 is 23.2 Å². The van der Waals surface area contributed by atoms with E-state index in [1.165, 1.54) is 30.3 Å². The molecule has 0 saturated carbocycles. The zero-order valence-corrected chi connectivity index (χ0v) is 22.8. The Morgan fingerprint density at radius 1 is 1.21 bits per heavy atom. The van der Waals surface area contributed by atoms with Gasteiger partial charge in [0.2, 0.25) is 11.8 Å². The van der Waals surface area contributed by atoms with E-state index in [2.05, 4.69) is 16.0 Å². The summed E-state index contributed by atoms with van der Waals surface area (Å²) in [6.07, 6.45) is -0.575. The highest BCUT2D eigenvalue weighted by atomic mass is 35.5. The molecule has 5 N–H and O–H groups in total. The zero-order chi connectivity index (χ0) is 28.0. The largest absolute Gasteiger partial charge is 0.396 e. The van der Waals surface area contributed by atoms with Crippen molar-refractivity contribution in [2.24, 2.45) is 5.41 Å². The first-order valence-corrected chi connectivity index (χ1v) is 13.1. The molecular formula is C27H31Cl2F2N3O4. The quantitative estimate of drug-likeness (QED) is 0.347. The summed E-state index contributed by atoms with van der Waals surface area (Å²) in [5, 5.41) is 27.5. The lowest BCUT2D eigenvalue weighted by molar-refractivity contribution is -0.124. The third-order valence-electron chi connectivity index (χ3n) is 7.27. The Hall–Kier alpha value is -2.30. The summed E-state index contributed by atoms with van der Waals surface area (Å²) in [5.41, 5.74) is -1.36. The van der Waals surface area contributed by atoms with Gasteiger partial charge in [-0.15, -0.1) is 0 Å². The van der Waals surface area contributed by atoms with Crippen LogP contribution in [0.4, 0.5) is 14.5 Å². The lowest BCUT2D eigenvalue weighted by Crippen LogP contribution is -2.49. The molecule has 38 heavy (non-hydrogen) atoms. The van der Waals surface area contributed by atoms with Crippen LogP contribution < -0.4 is 16.0 Å². The SMILES string of the molecule is CC(C)(C)C[C@H]1NC(C(=O)NC[C@@H](O)CCO)[C@H](c2cccc(Cl)c2F)[C@@]12C(=O)Nc1cc(Cl)c(F)cc12. The van der Waals surface area contributed by atoms with Crippen LogP contribution in [0.2, 0.25) is 10.0 Å². The van der Waals surface area contributed by atoms with Crippen LogP contribution in [0.1, 0.15) is 50.7 Å². The number of amides is 2. The van der Waals surface area contributed by atoms with Crippen molar-refractivity contribution in [2.45, 2.75) is 63.1 Å². The summed E-state index contributed by atoms with van der Waals surface area (Å²) >= 11 is 12.2. The lowest BCUT2D eigenvalue weighted by atomic mass is 9.62. The molecule has 0 bridgehead atoms. The summed E-state index contributed by atoms with van der Waals surface area (Å²) in [7, 11) is 0. The average Bonchev–Trinajstić information content (AvgIpc) is 3.29. The minimum atomic E-state index is -1.59. The number of fused-ring (bicyclic) bond motifs is 2. The Labute approximate surface area is 229 Å². The van der Waals surface area contributed by atoms with Crippen molar-refractivity contribution in [1.29, 1.82) is 0 Å². The van der Waals surface area contributed by atoms with E-state index in [9.17, 15) is 19.1 Å². The average molecular weight is 570 g/mol. The van der Waals surface area contributed by atoms with Crippen LogP contribution in [0.25, 0.3) is 0 Å². The highest BCUT2D eigenvalue weighted by Crippen LogP contribution is 2.57. The van der Waals surface area contributed by atoms with Gasteiger partial charge < -0.3 is 26.2 Å². The number of benzene rings is 2. The van der Waals surface area contributed by atoms with Crippen molar-refractivity contribution < 1.29 is 28.6 Å². The second-order valence-electron chi connectivity index (χ2n) is 11.1. The number of carbonyl (C=O) groups excluding carboxylic acids is 2. The summed E-state index contributed by atoms with van der Waals surface area (Å²) < 4.78 is 30.6. The van der Waals surface area contributed by atoms with Crippen LogP contribution in [0.15, 0.2) is 30.3 Å². The number of anilines is 1. The number of hydrogen-bond donors (Lipinski definition) is 5. The van der Waals surface area contributed by atoms with Crippen LogP contribution in [0, 0.1) is 17.0 Å². The molecule has 0 radical (unpaired) electrons. The van der Waals surface area contributed by atoms with E-state index < -0.39 is 53.0 Å². The Bertz CT molecular complexity index is 1260. The maximum Gasteiger partial charge on any atom is 0.237 e. The molecule has 1 fully saturated rings. The molecule has 1 saturated heterocycles. The van der Waals surface area contributed by atoms with Gasteiger partial charge in [-0.25, -0.2) is 8.78 Å². The van der Waals surface area contributed by atoms with Crippen molar-refractivity contribution in [3.63, 3.8) is 0 Å². The normalized spacial score (nSPS) is 25.4. The molecular weight excluding hydrogens is 539 g/mol. The van der Waals surface area contributed by atoms with Gasteiger partial charge in [0.05, 0.1) is 22.2 Å². The van der Waals surface area contributed by atoms with E-state index in [0.29, 0.717) is 6.42 Å².